The summed E-state index contributed by atoms with van der Waals surface area (Å²) in [6, 6.07) is 4.22. The van der Waals surface area contributed by atoms with Crippen LogP contribution in [0.2, 0.25) is 0 Å². The van der Waals surface area contributed by atoms with Gasteiger partial charge in [0.1, 0.15) is 16.2 Å². The lowest BCUT2D eigenvalue weighted by Crippen LogP contribution is -2.10. The zero-order valence-electron chi connectivity index (χ0n) is 12.5. The van der Waals surface area contributed by atoms with Crippen molar-refractivity contribution in [3.8, 4) is 17.0 Å². The number of methoxy groups -OCH3 is 1. The van der Waals surface area contributed by atoms with Crippen molar-refractivity contribution < 1.29 is 4.74 Å². The van der Waals surface area contributed by atoms with E-state index in [4.69, 9.17) is 4.74 Å². The summed E-state index contributed by atoms with van der Waals surface area (Å²) < 4.78 is 8.47. The lowest BCUT2D eigenvalue weighted by Gasteiger charge is -2.13. The Morgan fingerprint density at radius 2 is 1.95 bits per heavy atom. The molecule has 20 heavy (non-hydrogen) atoms. The molecule has 0 radical (unpaired) electrons. The van der Waals surface area contributed by atoms with E-state index >= 15 is 0 Å². The maximum atomic E-state index is 5.54. The first-order valence-corrected chi connectivity index (χ1v) is 7.30. The summed E-state index contributed by atoms with van der Waals surface area (Å²) in [4.78, 5) is 4.57. The highest BCUT2D eigenvalue weighted by Crippen LogP contribution is 2.36. The van der Waals surface area contributed by atoms with E-state index in [0.29, 0.717) is 0 Å². The molecular formula is C15H20BrN3O. The van der Waals surface area contributed by atoms with Crippen molar-refractivity contribution in [2.75, 3.05) is 14.2 Å². The van der Waals surface area contributed by atoms with Gasteiger partial charge in [-0.2, -0.15) is 0 Å². The minimum Gasteiger partial charge on any atom is -0.496 e. The average molecular weight is 338 g/mol. The van der Waals surface area contributed by atoms with E-state index < -0.39 is 0 Å². The summed E-state index contributed by atoms with van der Waals surface area (Å²) in [5, 5.41) is 3.13. The Labute approximate surface area is 128 Å². The first-order valence-electron chi connectivity index (χ1n) is 6.50. The molecule has 0 saturated carbocycles. The van der Waals surface area contributed by atoms with Crippen molar-refractivity contribution in [3.05, 3.63) is 33.7 Å². The molecule has 0 fully saturated rings. The van der Waals surface area contributed by atoms with Crippen molar-refractivity contribution >= 4 is 15.9 Å². The fraction of sp³-hybridized carbons (Fsp3) is 0.400. The van der Waals surface area contributed by atoms with E-state index in [1.807, 2.05) is 14.1 Å². The van der Waals surface area contributed by atoms with Gasteiger partial charge < -0.3 is 14.6 Å². The Hall–Kier alpha value is -1.33. The quantitative estimate of drug-likeness (QED) is 0.931. The third-order valence-corrected chi connectivity index (χ3v) is 4.10. The standard InChI is InChI=1S/C15H20BrN3O/c1-9-6-11(12(20-5)7-10(9)2)14-15(16)18-13(8-17-3)19(14)4/h6-7,17H,8H2,1-5H3. The number of halogens is 1. The second-order valence-corrected chi connectivity index (χ2v) is 5.64. The van der Waals surface area contributed by atoms with Gasteiger partial charge in [0.15, 0.2) is 0 Å². The highest BCUT2D eigenvalue weighted by Gasteiger charge is 2.18. The zero-order valence-corrected chi connectivity index (χ0v) is 14.1. The van der Waals surface area contributed by atoms with Crippen molar-refractivity contribution in [2.45, 2.75) is 20.4 Å². The molecule has 1 aromatic heterocycles. The van der Waals surface area contributed by atoms with Crippen LogP contribution in [0, 0.1) is 13.8 Å². The van der Waals surface area contributed by atoms with Crippen molar-refractivity contribution in [3.63, 3.8) is 0 Å². The molecule has 1 aromatic carbocycles. The summed E-state index contributed by atoms with van der Waals surface area (Å²) in [5.74, 6) is 1.85. The Morgan fingerprint density at radius 1 is 1.30 bits per heavy atom. The number of rotatable bonds is 4. The molecule has 4 nitrogen and oxygen atoms in total. The van der Waals surface area contributed by atoms with Gasteiger partial charge in [-0.25, -0.2) is 4.98 Å². The fourth-order valence-electron chi connectivity index (χ4n) is 2.26. The molecule has 0 bridgehead atoms. The molecule has 0 amide bonds. The molecule has 0 aliphatic carbocycles. The van der Waals surface area contributed by atoms with E-state index in [0.717, 1.165) is 34.0 Å². The number of hydrogen-bond donors (Lipinski definition) is 1. The lowest BCUT2D eigenvalue weighted by molar-refractivity contribution is 0.415. The molecule has 0 aliphatic heterocycles. The summed E-state index contributed by atoms with van der Waals surface area (Å²) in [6.07, 6.45) is 0. The van der Waals surface area contributed by atoms with Gasteiger partial charge in [-0.05, 0) is 60.1 Å². The maximum Gasteiger partial charge on any atom is 0.132 e. The van der Waals surface area contributed by atoms with E-state index in [1.165, 1.54) is 11.1 Å². The Bertz CT molecular complexity index is 635. The Morgan fingerprint density at radius 3 is 2.55 bits per heavy atom. The largest absolute Gasteiger partial charge is 0.496 e. The van der Waals surface area contributed by atoms with Gasteiger partial charge in [-0.3, -0.25) is 0 Å². The molecular weight excluding hydrogens is 318 g/mol. The van der Waals surface area contributed by atoms with E-state index in [1.54, 1.807) is 7.11 Å². The number of benzene rings is 1. The van der Waals surface area contributed by atoms with Crippen LogP contribution in [-0.2, 0) is 13.6 Å². The predicted molar refractivity (Wildman–Crippen MR) is 85.1 cm³/mol. The number of hydrogen-bond acceptors (Lipinski definition) is 3. The van der Waals surface area contributed by atoms with Gasteiger partial charge in [0.2, 0.25) is 0 Å². The smallest absolute Gasteiger partial charge is 0.132 e. The third kappa shape index (κ3) is 2.60. The summed E-state index contributed by atoms with van der Waals surface area (Å²) in [6.45, 7) is 4.92. The minimum absolute atomic E-state index is 0.724. The van der Waals surface area contributed by atoms with Crippen LogP contribution in [0.4, 0.5) is 0 Å². The molecule has 2 rings (SSSR count). The van der Waals surface area contributed by atoms with E-state index in [2.05, 4.69) is 56.8 Å². The molecule has 1 heterocycles. The Balaban J connectivity index is 2.65. The number of ether oxygens (including phenoxy) is 1. The lowest BCUT2D eigenvalue weighted by atomic mass is 10.0. The van der Waals surface area contributed by atoms with Gasteiger partial charge >= 0.3 is 0 Å². The number of nitrogens with zero attached hydrogens (tertiary/aromatic N) is 2. The van der Waals surface area contributed by atoms with Crippen LogP contribution < -0.4 is 10.1 Å². The van der Waals surface area contributed by atoms with Gasteiger partial charge in [-0.1, -0.05) is 0 Å². The van der Waals surface area contributed by atoms with Crippen LogP contribution in [0.15, 0.2) is 16.7 Å². The highest BCUT2D eigenvalue weighted by molar-refractivity contribution is 9.10. The SMILES string of the molecule is CNCc1nc(Br)c(-c2cc(C)c(C)cc2OC)n1C. The molecule has 0 saturated heterocycles. The molecule has 5 heteroatoms. The van der Waals surface area contributed by atoms with Crippen LogP contribution in [0.5, 0.6) is 5.75 Å². The van der Waals surface area contributed by atoms with Crippen LogP contribution in [0.3, 0.4) is 0 Å². The Kier molecular flexibility index (Phi) is 4.50. The first-order chi connectivity index (χ1) is 9.49. The van der Waals surface area contributed by atoms with E-state index in [-0.39, 0.29) is 0 Å². The maximum absolute atomic E-state index is 5.54. The van der Waals surface area contributed by atoms with Crippen LogP contribution in [-0.4, -0.2) is 23.7 Å². The average Bonchev–Trinajstić information content (AvgIpc) is 2.68. The van der Waals surface area contributed by atoms with Crippen molar-refractivity contribution in [1.29, 1.82) is 0 Å². The van der Waals surface area contributed by atoms with Gasteiger partial charge in [0, 0.05) is 12.6 Å². The fourth-order valence-corrected chi connectivity index (χ4v) is 2.94. The predicted octanol–water partition coefficient (Wildman–Crippen LogP) is 3.19. The number of aryl methyl sites for hydroxylation is 2. The normalized spacial score (nSPS) is 10.9. The molecule has 1 N–H and O–H groups in total. The van der Waals surface area contributed by atoms with Crippen molar-refractivity contribution in [2.24, 2.45) is 7.05 Å². The number of aromatic nitrogens is 2. The number of imidazole rings is 1. The topological polar surface area (TPSA) is 39.1 Å². The van der Waals surface area contributed by atoms with Gasteiger partial charge in [0.05, 0.1) is 19.3 Å². The van der Waals surface area contributed by atoms with Gasteiger partial charge in [0.25, 0.3) is 0 Å². The monoisotopic (exact) mass is 337 g/mol. The molecule has 0 unspecified atom stereocenters. The summed E-state index contributed by atoms with van der Waals surface area (Å²) in [5.41, 5.74) is 4.55. The van der Waals surface area contributed by atoms with Crippen LogP contribution in [0.1, 0.15) is 17.0 Å². The molecule has 0 spiro atoms. The molecule has 0 atom stereocenters. The summed E-state index contributed by atoms with van der Waals surface area (Å²) >= 11 is 3.57. The molecule has 0 aliphatic rings. The van der Waals surface area contributed by atoms with Crippen LogP contribution >= 0.6 is 15.9 Å². The minimum atomic E-state index is 0.724. The number of nitrogens with one attached hydrogen (secondary N) is 1. The third-order valence-electron chi connectivity index (χ3n) is 3.55. The first kappa shape index (κ1) is 15.1. The molecule has 2 aromatic rings. The summed E-state index contributed by atoms with van der Waals surface area (Å²) in [7, 11) is 5.64. The second-order valence-electron chi connectivity index (χ2n) is 4.89. The zero-order chi connectivity index (χ0) is 14.9. The van der Waals surface area contributed by atoms with Crippen molar-refractivity contribution in [1.82, 2.24) is 14.9 Å². The van der Waals surface area contributed by atoms with Gasteiger partial charge in [-0.15, -0.1) is 0 Å². The highest BCUT2D eigenvalue weighted by atomic mass is 79.9. The van der Waals surface area contributed by atoms with E-state index in [9.17, 15) is 0 Å². The second kappa shape index (κ2) is 5.97. The molecule has 108 valence electrons. The van der Waals surface area contributed by atoms with Crippen LogP contribution in [0.25, 0.3) is 11.3 Å².